The highest BCUT2D eigenvalue weighted by atomic mass is 16.5. The van der Waals surface area contributed by atoms with Gasteiger partial charge < -0.3 is 14.1 Å². The van der Waals surface area contributed by atoms with E-state index >= 15 is 0 Å². The predicted molar refractivity (Wildman–Crippen MR) is 84.1 cm³/mol. The van der Waals surface area contributed by atoms with E-state index in [-0.39, 0.29) is 17.9 Å². The Morgan fingerprint density at radius 3 is 2.74 bits per heavy atom. The Kier molecular flexibility index (Phi) is 5.27. The number of piperidine rings is 1. The molecule has 128 valence electrons. The van der Waals surface area contributed by atoms with Crippen LogP contribution in [-0.2, 0) is 16.0 Å². The molecule has 0 radical (unpaired) electrons. The van der Waals surface area contributed by atoms with Gasteiger partial charge in [0.25, 0.3) is 0 Å². The molecule has 2 aliphatic heterocycles. The molecule has 3 rings (SSSR count). The summed E-state index contributed by atoms with van der Waals surface area (Å²) in [5, 5.41) is 8.25. The lowest BCUT2D eigenvalue weighted by Crippen LogP contribution is -2.51. The van der Waals surface area contributed by atoms with Crippen LogP contribution < -0.4 is 0 Å². The van der Waals surface area contributed by atoms with Crippen molar-refractivity contribution in [1.82, 2.24) is 20.0 Å². The van der Waals surface area contributed by atoms with E-state index in [2.05, 4.69) is 22.0 Å². The minimum Gasteiger partial charge on any atom is -0.425 e. The summed E-state index contributed by atoms with van der Waals surface area (Å²) in [7, 11) is 0. The van der Waals surface area contributed by atoms with Crippen LogP contribution in [0.15, 0.2) is 4.42 Å². The van der Waals surface area contributed by atoms with Gasteiger partial charge in [0.2, 0.25) is 17.7 Å². The molecular formula is C16H26N4O3. The van der Waals surface area contributed by atoms with Crippen molar-refractivity contribution in [2.75, 3.05) is 39.4 Å². The molecule has 1 amide bonds. The van der Waals surface area contributed by atoms with Crippen LogP contribution in [0.4, 0.5) is 0 Å². The van der Waals surface area contributed by atoms with Crippen molar-refractivity contribution in [3.63, 3.8) is 0 Å². The van der Waals surface area contributed by atoms with E-state index in [1.54, 1.807) is 0 Å². The third kappa shape index (κ3) is 3.72. The molecule has 2 saturated heterocycles. The van der Waals surface area contributed by atoms with Gasteiger partial charge in [-0.05, 0) is 19.8 Å². The van der Waals surface area contributed by atoms with Crippen molar-refractivity contribution in [2.45, 2.75) is 45.1 Å². The summed E-state index contributed by atoms with van der Waals surface area (Å²) in [6.07, 6.45) is 2.72. The number of likely N-dealkylation sites (tertiary alicyclic amines) is 1. The molecule has 2 atom stereocenters. The van der Waals surface area contributed by atoms with Gasteiger partial charge in [0, 0.05) is 32.1 Å². The van der Waals surface area contributed by atoms with E-state index in [1.807, 2.05) is 11.8 Å². The van der Waals surface area contributed by atoms with Gasteiger partial charge in [-0.15, -0.1) is 10.2 Å². The smallest absolute Gasteiger partial charge is 0.237 e. The maximum Gasteiger partial charge on any atom is 0.237 e. The molecular weight excluding hydrogens is 296 g/mol. The van der Waals surface area contributed by atoms with E-state index in [0.717, 1.165) is 38.9 Å². The number of amides is 1. The Morgan fingerprint density at radius 2 is 2.04 bits per heavy atom. The van der Waals surface area contributed by atoms with Crippen LogP contribution in [0.1, 0.15) is 44.4 Å². The van der Waals surface area contributed by atoms with E-state index in [0.29, 0.717) is 31.5 Å². The summed E-state index contributed by atoms with van der Waals surface area (Å²) in [5.41, 5.74) is 0. The minimum absolute atomic E-state index is 0.0995. The Balaban J connectivity index is 1.63. The summed E-state index contributed by atoms with van der Waals surface area (Å²) in [6.45, 7) is 8.49. The van der Waals surface area contributed by atoms with Crippen molar-refractivity contribution in [3.05, 3.63) is 11.8 Å². The third-order valence-corrected chi connectivity index (χ3v) is 4.87. The summed E-state index contributed by atoms with van der Waals surface area (Å²) < 4.78 is 11.1. The van der Waals surface area contributed by atoms with Crippen molar-refractivity contribution in [1.29, 1.82) is 0 Å². The van der Waals surface area contributed by atoms with Gasteiger partial charge in [-0.1, -0.05) is 6.92 Å². The lowest BCUT2D eigenvalue weighted by Gasteiger charge is -2.39. The zero-order valence-corrected chi connectivity index (χ0v) is 14.0. The second-order valence-electron chi connectivity index (χ2n) is 6.35. The SMILES string of the molecule is CCc1nnc([C@H]2CCCN(C(=O)CN3CCOCC3)[C@H]2C)o1. The molecule has 2 fully saturated rings. The molecule has 1 aromatic rings. The minimum atomic E-state index is 0.0995. The number of rotatable bonds is 4. The molecule has 7 heteroatoms. The van der Waals surface area contributed by atoms with Crippen molar-refractivity contribution in [2.24, 2.45) is 0 Å². The van der Waals surface area contributed by atoms with Crippen LogP contribution in [0.2, 0.25) is 0 Å². The van der Waals surface area contributed by atoms with Gasteiger partial charge in [-0.3, -0.25) is 9.69 Å². The molecule has 0 aliphatic carbocycles. The van der Waals surface area contributed by atoms with Gasteiger partial charge in [-0.2, -0.15) is 0 Å². The number of aryl methyl sites for hydroxylation is 1. The summed E-state index contributed by atoms with van der Waals surface area (Å²) in [5.74, 6) is 1.69. The van der Waals surface area contributed by atoms with Crippen LogP contribution >= 0.6 is 0 Å². The van der Waals surface area contributed by atoms with E-state index in [4.69, 9.17) is 9.15 Å². The number of aromatic nitrogens is 2. The van der Waals surface area contributed by atoms with Gasteiger partial charge in [0.15, 0.2) is 0 Å². The molecule has 0 saturated carbocycles. The number of carbonyl (C=O) groups excluding carboxylic acids is 1. The molecule has 0 N–H and O–H groups in total. The summed E-state index contributed by atoms with van der Waals surface area (Å²) in [4.78, 5) is 16.8. The molecule has 0 unspecified atom stereocenters. The number of morpholine rings is 1. The summed E-state index contributed by atoms with van der Waals surface area (Å²) >= 11 is 0. The molecule has 0 bridgehead atoms. The number of hydrogen-bond acceptors (Lipinski definition) is 6. The molecule has 1 aromatic heterocycles. The Bertz CT molecular complexity index is 527. The van der Waals surface area contributed by atoms with Crippen LogP contribution in [-0.4, -0.2) is 71.3 Å². The Hall–Kier alpha value is -1.47. The first kappa shape index (κ1) is 16.4. The standard InChI is InChI=1S/C16H26N4O3/c1-3-14-17-18-16(23-14)13-5-4-6-20(12(13)2)15(21)11-19-7-9-22-10-8-19/h12-13H,3-11H2,1-2H3/t12-,13-/m0/s1. The van der Waals surface area contributed by atoms with Gasteiger partial charge in [-0.25, -0.2) is 0 Å². The maximum atomic E-state index is 12.7. The molecule has 0 spiro atoms. The zero-order chi connectivity index (χ0) is 16.2. The normalized spacial score (nSPS) is 26.4. The first-order chi connectivity index (χ1) is 11.2. The second-order valence-corrected chi connectivity index (χ2v) is 6.35. The topological polar surface area (TPSA) is 71.7 Å². The van der Waals surface area contributed by atoms with Crippen molar-refractivity contribution < 1.29 is 13.9 Å². The lowest BCUT2D eigenvalue weighted by atomic mass is 9.90. The first-order valence-electron chi connectivity index (χ1n) is 8.61. The lowest BCUT2D eigenvalue weighted by molar-refractivity contribution is -0.137. The average molecular weight is 322 g/mol. The van der Waals surface area contributed by atoms with Gasteiger partial charge in [0.1, 0.15) is 0 Å². The van der Waals surface area contributed by atoms with Crippen LogP contribution in [0, 0.1) is 0 Å². The highest BCUT2D eigenvalue weighted by Crippen LogP contribution is 2.32. The third-order valence-electron chi connectivity index (χ3n) is 4.87. The highest BCUT2D eigenvalue weighted by molar-refractivity contribution is 5.78. The molecule has 0 aromatic carbocycles. The van der Waals surface area contributed by atoms with Gasteiger partial charge in [0.05, 0.1) is 25.7 Å². The predicted octanol–water partition coefficient (Wildman–Crippen LogP) is 1.06. The second kappa shape index (κ2) is 7.40. The molecule has 7 nitrogen and oxygen atoms in total. The van der Waals surface area contributed by atoms with Crippen LogP contribution in [0.5, 0.6) is 0 Å². The number of hydrogen-bond donors (Lipinski definition) is 0. The fourth-order valence-corrected chi connectivity index (χ4v) is 3.43. The van der Waals surface area contributed by atoms with E-state index in [9.17, 15) is 4.79 Å². The zero-order valence-electron chi connectivity index (χ0n) is 14.0. The maximum absolute atomic E-state index is 12.7. The molecule has 2 aliphatic rings. The van der Waals surface area contributed by atoms with Crippen molar-refractivity contribution in [3.8, 4) is 0 Å². The first-order valence-corrected chi connectivity index (χ1v) is 8.61. The molecule has 23 heavy (non-hydrogen) atoms. The van der Waals surface area contributed by atoms with E-state index < -0.39 is 0 Å². The quantitative estimate of drug-likeness (QED) is 0.825. The molecule has 3 heterocycles. The fourth-order valence-electron chi connectivity index (χ4n) is 3.43. The fraction of sp³-hybridized carbons (Fsp3) is 0.812. The number of carbonyl (C=O) groups is 1. The highest BCUT2D eigenvalue weighted by Gasteiger charge is 2.35. The Morgan fingerprint density at radius 1 is 1.26 bits per heavy atom. The largest absolute Gasteiger partial charge is 0.425 e. The average Bonchev–Trinajstić information content (AvgIpc) is 3.05. The van der Waals surface area contributed by atoms with Crippen LogP contribution in [0.3, 0.4) is 0 Å². The van der Waals surface area contributed by atoms with Crippen molar-refractivity contribution >= 4 is 5.91 Å². The monoisotopic (exact) mass is 322 g/mol. The Labute approximate surface area is 137 Å². The number of ether oxygens (including phenoxy) is 1. The summed E-state index contributed by atoms with van der Waals surface area (Å²) in [6, 6.07) is 0.0995. The van der Waals surface area contributed by atoms with Crippen LogP contribution in [0.25, 0.3) is 0 Å². The van der Waals surface area contributed by atoms with Gasteiger partial charge >= 0.3 is 0 Å². The number of nitrogens with zero attached hydrogens (tertiary/aromatic N) is 4. The van der Waals surface area contributed by atoms with E-state index in [1.165, 1.54) is 0 Å².